The van der Waals surface area contributed by atoms with Crippen molar-refractivity contribution in [3.05, 3.63) is 40.4 Å². The largest absolute Gasteiger partial charge is 0.251 e. The van der Waals surface area contributed by atoms with Crippen LogP contribution in [0, 0.1) is 12.8 Å². The number of rotatable bonds is 4. The van der Waals surface area contributed by atoms with Crippen LogP contribution in [0.5, 0.6) is 0 Å². The molecule has 18 heavy (non-hydrogen) atoms. The standard InChI is InChI=1S/C16H22ClN/c1-6-12(4)15(17)16(11(2)3)18-14-10-8-7-9-13(14)5/h7-11H,6H2,1-5H3. The molecule has 0 aliphatic rings. The highest BCUT2D eigenvalue weighted by molar-refractivity contribution is 6.44. The van der Waals surface area contributed by atoms with Crippen LogP contribution in [0.4, 0.5) is 5.69 Å². The Morgan fingerprint density at radius 3 is 2.39 bits per heavy atom. The molecule has 1 aromatic carbocycles. The lowest BCUT2D eigenvalue weighted by Gasteiger charge is -2.12. The van der Waals surface area contributed by atoms with Crippen molar-refractivity contribution >= 4 is 23.0 Å². The second-order valence-corrected chi connectivity index (χ2v) is 5.26. The van der Waals surface area contributed by atoms with Gasteiger partial charge < -0.3 is 0 Å². The Morgan fingerprint density at radius 1 is 1.28 bits per heavy atom. The molecule has 2 heteroatoms. The summed E-state index contributed by atoms with van der Waals surface area (Å²) < 4.78 is 0. The summed E-state index contributed by atoms with van der Waals surface area (Å²) in [6, 6.07) is 8.14. The molecule has 0 saturated heterocycles. The number of aryl methyl sites for hydroxylation is 1. The minimum atomic E-state index is 0.318. The van der Waals surface area contributed by atoms with Crippen molar-refractivity contribution in [1.29, 1.82) is 0 Å². The lowest BCUT2D eigenvalue weighted by Crippen LogP contribution is -2.09. The summed E-state index contributed by atoms with van der Waals surface area (Å²) in [5.74, 6) is 0.318. The number of hydrogen-bond donors (Lipinski definition) is 0. The Balaban J connectivity index is 3.27. The summed E-state index contributed by atoms with van der Waals surface area (Å²) in [5, 5.41) is 0.816. The van der Waals surface area contributed by atoms with Crippen LogP contribution in [0.2, 0.25) is 0 Å². The Morgan fingerprint density at radius 2 is 1.89 bits per heavy atom. The van der Waals surface area contributed by atoms with E-state index in [9.17, 15) is 0 Å². The van der Waals surface area contributed by atoms with Crippen molar-refractivity contribution < 1.29 is 0 Å². The molecule has 0 saturated carbocycles. The SMILES string of the molecule is CCC(C)=C(Cl)C(=Nc1ccccc1C)C(C)C. The van der Waals surface area contributed by atoms with E-state index >= 15 is 0 Å². The average Bonchev–Trinajstić information content (AvgIpc) is 2.35. The first kappa shape index (κ1) is 15.0. The molecule has 1 aromatic rings. The first-order valence-electron chi connectivity index (χ1n) is 6.47. The van der Waals surface area contributed by atoms with Gasteiger partial charge in [0.1, 0.15) is 0 Å². The third kappa shape index (κ3) is 3.71. The molecule has 0 amide bonds. The summed E-state index contributed by atoms with van der Waals surface area (Å²) in [6.45, 7) is 10.5. The minimum Gasteiger partial charge on any atom is -0.251 e. The van der Waals surface area contributed by atoms with Crippen LogP contribution in [-0.4, -0.2) is 5.71 Å². The van der Waals surface area contributed by atoms with E-state index in [1.165, 1.54) is 11.1 Å². The summed E-state index contributed by atoms with van der Waals surface area (Å²) in [7, 11) is 0. The monoisotopic (exact) mass is 263 g/mol. The molecule has 0 aliphatic carbocycles. The van der Waals surface area contributed by atoms with Crippen molar-refractivity contribution in [3.63, 3.8) is 0 Å². The lowest BCUT2D eigenvalue weighted by molar-refractivity contribution is 0.884. The first-order valence-corrected chi connectivity index (χ1v) is 6.85. The van der Waals surface area contributed by atoms with Gasteiger partial charge in [0, 0.05) is 0 Å². The molecule has 0 heterocycles. The van der Waals surface area contributed by atoms with Crippen molar-refractivity contribution in [3.8, 4) is 0 Å². The van der Waals surface area contributed by atoms with E-state index in [0.717, 1.165) is 22.9 Å². The molecule has 0 N–H and O–H groups in total. The number of halogens is 1. The van der Waals surface area contributed by atoms with Gasteiger partial charge in [-0.1, -0.05) is 56.1 Å². The highest BCUT2D eigenvalue weighted by atomic mass is 35.5. The Kier molecular flexibility index (Phi) is 5.61. The number of aliphatic imine (C=N–C) groups is 1. The summed E-state index contributed by atoms with van der Waals surface area (Å²) in [5.41, 5.74) is 4.35. The van der Waals surface area contributed by atoms with Gasteiger partial charge in [0.25, 0.3) is 0 Å². The van der Waals surface area contributed by atoms with Crippen LogP contribution in [-0.2, 0) is 0 Å². The zero-order valence-electron chi connectivity index (χ0n) is 11.9. The summed E-state index contributed by atoms with van der Waals surface area (Å²) in [6.07, 6.45) is 0.957. The Hall–Kier alpha value is -1.08. The van der Waals surface area contributed by atoms with Crippen LogP contribution in [0.1, 0.15) is 39.7 Å². The van der Waals surface area contributed by atoms with Crippen LogP contribution < -0.4 is 0 Å². The van der Waals surface area contributed by atoms with Gasteiger partial charge in [0.05, 0.1) is 16.4 Å². The molecule has 0 unspecified atom stereocenters. The molecular formula is C16H22ClN. The molecule has 0 spiro atoms. The van der Waals surface area contributed by atoms with E-state index in [0.29, 0.717) is 5.92 Å². The van der Waals surface area contributed by atoms with E-state index in [-0.39, 0.29) is 0 Å². The molecule has 0 bridgehead atoms. The van der Waals surface area contributed by atoms with Crippen molar-refractivity contribution in [1.82, 2.24) is 0 Å². The molecule has 1 nitrogen and oxygen atoms in total. The van der Waals surface area contributed by atoms with Crippen molar-refractivity contribution in [2.24, 2.45) is 10.9 Å². The van der Waals surface area contributed by atoms with Gasteiger partial charge in [-0.15, -0.1) is 0 Å². The highest BCUT2D eigenvalue weighted by Gasteiger charge is 2.12. The highest BCUT2D eigenvalue weighted by Crippen LogP contribution is 2.24. The summed E-state index contributed by atoms with van der Waals surface area (Å²) >= 11 is 6.44. The fraction of sp³-hybridized carbons (Fsp3) is 0.438. The number of benzene rings is 1. The number of allylic oxidation sites excluding steroid dienone is 2. The molecular weight excluding hydrogens is 242 g/mol. The van der Waals surface area contributed by atoms with Crippen LogP contribution in [0.25, 0.3) is 0 Å². The Labute approximate surface area is 116 Å². The van der Waals surface area contributed by atoms with Gasteiger partial charge in [0.2, 0.25) is 0 Å². The molecule has 0 fully saturated rings. The second-order valence-electron chi connectivity index (χ2n) is 4.89. The van der Waals surface area contributed by atoms with Crippen molar-refractivity contribution in [2.75, 3.05) is 0 Å². The first-order chi connectivity index (χ1) is 8.47. The molecule has 0 radical (unpaired) electrons. The van der Waals surface area contributed by atoms with Gasteiger partial charge >= 0.3 is 0 Å². The second kappa shape index (κ2) is 6.75. The maximum absolute atomic E-state index is 6.44. The topological polar surface area (TPSA) is 12.4 Å². The van der Waals surface area contributed by atoms with Gasteiger partial charge in [-0.05, 0) is 37.8 Å². The van der Waals surface area contributed by atoms with Crippen LogP contribution in [0.3, 0.4) is 0 Å². The third-order valence-electron chi connectivity index (χ3n) is 3.03. The molecule has 98 valence electrons. The van der Waals surface area contributed by atoms with Crippen molar-refractivity contribution in [2.45, 2.75) is 41.0 Å². The Bertz CT molecular complexity index is 470. The minimum absolute atomic E-state index is 0.318. The van der Waals surface area contributed by atoms with E-state index < -0.39 is 0 Å². The fourth-order valence-electron chi connectivity index (χ4n) is 1.62. The predicted octanol–water partition coefficient (Wildman–Crippen LogP) is 5.65. The van der Waals surface area contributed by atoms with Crippen LogP contribution in [0.15, 0.2) is 39.9 Å². The normalized spacial score (nSPS) is 13.8. The van der Waals surface area contributed by atoms with E-state index in [1.54, 1.807) is 0 Å². The van der Waals surface area contributed by atoms with E-state index in [2.05, 4.69) is 40.7 Å². The number of nitrogens with zero attached hydrogens (tertiary/aromatic N) is 1. The molecule has 0 aliphatic heterocycles. The van der Waals surface area contributed by atoms with Crippen LogP contribution >= 0.6 is 11.6 Å². The fourth-order valence-corrected chi connectivity index (χ4v) is 2.02. The lowest BCUT2D eigenvalue weighted by atomic mass is 10.0. The molecule has 0 atom stereocenters. The zero-order valence-corrected chi connectivity index (χ0v) is 12.7. The molecule has 1 rings (SSSR count). The van der Waals surface area contributed by atoms with E-state index in [1.807, 2.05) is 18.2 Å². The van der Waals surface area contributed by atoms with Gasteiger partial charge in [-0.2, -0.15) is 0 Å². The van der Waals surface area contributed by atoms with Gasteiger partial charge in [-0.3, -0.25) is 4.99 Å². The molecule has 0 aromatic heterocycles. The number of para-hydroxylation sites is 1. The third-order valence-corrected chi connectivity index (χ3v) is 3.55. The maximum Gasteiger partial charge on any atom is 0.0662 e. The average molecular weight is 264 g/mol. The zero-order chi connectivity index (χ0) is 13.7. The quantitative estimate of drug-likeness (QED) is 0.623. The van der Waals surface area contributed by atoms with Gasteiger partial charge in [0.15, 0.2) is 0 Å². The number of hydrogen-bond acceptors (Lipinski definition) is 1. The summed E-state index contributed by atoms with van der Waals surface area (Å²) in [4.78, 5) is 4.75. The van der Waals surface area contributed by atoms with E-state index in [4.69, 9.17) is 16.6 Å². The van der Waals surface area contributed by atoms with Gasteiger partial charge in [-0.25, -0.2) is 0 Å². The smallest absolute Gasteiger partial charge is 0.0662 e. The maximum atomic E-state index is 6.44. The predicted molar refractivity (Wildman–Crippen MR) is 82.0 cm³/mol.